The van der Waals surface area contributed by atoms with Crippen LogP contribution >= 0.6 is 0 Å². The first kappa shape index (κ1) is 9.78. The van der Waals surface area contributed by atoms with Gasteiger partial charge in [-0.1, -0.05) is 30.3 Å². The zero-order valence-corrected chi connectivity index (χ0v) is 6.25. The summed E-state index contributed by atoms with van der Waals surface area (Å²) in [6, 6.07) is 9.95. The number of aliphatic hydroxyl groups is 1. The fraction of sp³-hybridized carbons (Fsp3) is 0.250. The van der Waals surface area contributed by atoms with Gasteiger partial charge in [0.25, 0.3) is 0 Å². The van der Waals surface area contributed by atoms with Crippen LogP contribution in [0.5, 0.6) is 0 Å². The molecule has 0 unspecified atom stereocenters. The monoisotopic (exact) mass is 129 g/mol. The summed E-state index contributed by atoms with van der Waals surface area (Å²) in [6.07, 6.45) is 0.765. The van der Waals surface area contributed by atoms with E-state index in [1.54, 1.807) is 0 Å². The molecule has 0 atom stereocenters. The van der Waals surface area contributed by atoms with Crippen molar-refractivity contribution in [1.82, 2.24) is 0 Å². The Balaban J connectivity index is 0.000000810. The van der Waals surface area contributed by atoms with Gasteiger partial charge in [0.15, 0.2) is 0 Å². The molecule has 49 valence electrons. The predicted octanol–water partition coefficient (Wildman–Crippen LogP) is 0.841. The smallest absolute Gasteiger partial charge is 0.0471 e. The maximum Gasteiger partial charge on any atom is 0.0471 e. The Labute approximate surface area is 73.3 Å². The second-order valence-corrected chi connectivity index (χ2v) is 1.96. The zero-order chi connectivity index (χ0) is 6.53. The van der Waals surface area contributed by atoms with Gasteiger partial charge in [0.2, 0.25) is 0 Å². The van der Waals surface area contributed by atoms with Crippen molar-refractivity contribution in [2.75, 3.05) is 6.61 Å². The number of benzene rings is 1. The molecule has 1 N–H and O–H groups in total. The van der Waals surface area contributed by atoms with E-state index in [0.717, 1.165) is 6.42 Å². The molecule has 10 heavy (non-hydrogen) atoms. The minimum atomic E-state index is 0. The third-order valence-corrected chi connectivity index (χ3v) is 1.24. The van der Waals surface area contributed by atoms with Crippen molar-refractivity contribution in [1.29, 1.82) is 0 Å². The third kappa shape index (κ3) is 3.08. The van der Waals surface area contributed by atoms with E-state index in [9.17, 15) is 0 Å². The molecule has 1 aromatic rings. The molecule has 0 bridgehead atoms. The van der Waals surface area contributed by atoms with Crippen LogP contribution in [-0.2, 0) is 6.42 Å². The fourth-order valence-corrected chi connectivity index (χ4v) is 0.774. The van der Waals surface area contributed by atoms with Gasteiger partial charge in [-0.25, -0.2) is 0 Å². The van der Waals surface area contributed by atoms with E-state index in [2.05, 4.69) is 0 Å². The first-order valence-electron chi connectivity index (χ1n) is 3.08. The number of hydrogen-bond donors (Lipinski definition) is 1. The van der Waals surface area contributed by atoms with Gasteiger partial charge in [-0.3, -0.25) is 0 Å². The van der Waals surface area contributed by atoms with Gasteiger partial charge in [0.05, 0.1) is 0 Å². The van der Waals surface area contributed by atoms with Crippen molar-refractivity contribution in [2.45, 2.75) is 6.42 Å². The topological polar surface area (TPSA) is 20.2 Å². The Bertz CT molecular complexity index is 162. The van der Waals surface area contributed by atoms with Crippen LogP contribution < -0.4 is 0 Å². The van der Waals surface area contributed by atoms with Crippen molar-refractivity contribution < 1.29 is 5.11 Å². The van der Waals surface area contributed by atoms with Crippen LogP contribution in [0.2, 0.25) is 0 Å². The summed E-state index contributed by atoms with van der Waals surface area (Å²) in [6.45, 7) is 0.240. The summed E-state index contributed by atoms with van der Waals surface area (Å²) < 4.78 is 0. The van der Waals surface area contributed by atoms with Gasteiger partial charge >= 0.3 is 0 Å². The first-order chi connectivity index (χ1) is 4.43. The van der Waals surface area contributed by atoms with E-state index in [1.807, 2.05) is 30.3 Å². The van der Waals surface area contributed by atoms with E-state index in [0.29, 0.717) is 0 Å². The SMILES string of the molecule is OCCc1ccccc1.[Li]. The molecule has 0 fully saturated rings. The first-order valence-corrected chi connectivity index (χ1v) is 3.08. The van der Waals surface area contributed by atoms with Gasteiger partial charge in [0, 0.05) is 25.5 Å². The molecule has 0 aromatic heterocycles. The largest absolute Gasteiger partial charge is 0.396 e. The van der Waals surface area contributed by atoms with Gasteiger partial charge in [-0.15, -0.1) is 0 Å². The molecule has 1 radical (unpaired) electrons. The Hall–Kier alpha value is -0.223. The average Bonchev–Trinajstić information content (AvgIpc) is 1.91. The molecule has 0 saturated heterocycles. The molecular weight excluding hydrogens is 119 g/mol. The Kier molecular flexibility index (Phi) is 5.43. The molecule has 1 aromatic carbocycles. The average molecular weight is 129 g/mol. The Morgan fingerprint density at radius 2 is 1.70 bits per heavy atom. The zero-order valence-electron chi connectivity index (χ0n) is 6.25. The number of hydrogen-bond acceptors (Lipinski definition) is 1. The predicted molar refractivity (Wildman–Crippen MR) is 43.0 cm³/mol. The minimum Gasteiger partial charge on any atom is -0.396 e. The molecule has 0 aliphatic carbocycles. The summed E-state index contributed by atoms with van der Waals surface area (Å²) in [5, 5.41) is 8.52. The molecule has 0 saturated carbocycles. The molecule has 1 nitrogen and oxygen atoms in total. The van der Waals surface area contributed by atoms with Crippen molar-refractivity contribution in [3.8, 4) is 0 Å². The van der Waals surface area contributed by atoms with Crippen molar-refractivity contribution in [3.63, 3.8) is 0 Å². The quantitative estimate of drug-likeness (QED) is 0.586. The molecule has 1 rings (SSSR count). The summed E-state index contributed by atoms with van der Waals surface area (Å²) in [4.78, 5) is 0. The normalized spacial score (nSPS) is 8.50. The van der Waals surface area contributed by atoms with E-state index >= 15 is 0 Å². The van der Waals surface area contributed by atoms with Crippen LogP contribution in [0.25, 0.3) is 0 Å². The van der Waals surface area contributed by atoms with Crippen LogP contribution in [0.4, 0.5) is 0 Å². The summed E-state index contributed by atoms with van der Waals surface area (Å²) >= 11 is 0. The number of rotatable bonds is 2. The molecule has 0 spiro atoms. The second kappa shape index (κ2) is 5.55. The van der Waals surface area contributed by atoms with Gasteiger partial charge < -0.3 is 5.11 Å². The van der Waals surface area contributed by atoms with Crippen LogP contribution in [0.15, 0.2) is 30.3 Å². The molecule has 0 aliphatic heterocycles. The maximum absolute atomic E-state index is 8.52. The molecule has 0 heterocycles. The van der Waals surface area contributed by atoms with Gasteiger partial charge in [-0.2, -0.15) is 0 Å². The third-order valence-electron chi connectivity index (χ3n) is 1.24. The van der Waals surface area contributed by atoms with Crippen LogP contribution in [-0.4, -0.2) is 30.6 Å². The maximum atomic E-state index is 8.52. The molecule has 0 aliphatic rings. The van der Waals surface area contributed by atoms with Crippen LogP contribution in [0.3, 0.4) is 0 Å². The van der Waals surface area contributed by atoms with Gasteiger partial charge in [-0.05, 0) is 12.0 Å². The van der Waals surface area contributed by atoms with E-state index in [4.69, 9.17) is 5.11 Å². The fourth-order valence-electron chi connectivity index (χ4n) is 0.774. The molecular formula is C8H10LiO. The minimum absolute atomic E-state index is 0. The standard InChI is InChI=1S/C8H10O.Li/c9-7-6-8-4-2-1-3-5-8;/h1-5,9H,6-7H2;. The number of aliphatic hydroxyl groups excluding tert-OH is 1. The van der Waals surface area contributed by atoms with Crippen LogP contribution in [0.1, 0.15) is 5.56 Å². The van der Waals surface area contributed by atoms with Crippen molar-refractivity contribution in [3.05, 3.63) is 35.9 Å². The van der Waals surface area contributed by atoms with Crippen LogP contribution in [0, 0.1) is 0 Å². The van der Waals surface area contributed by atoms with Gasteiger partial charge in [0.1, 0.15) is 0 Å². The summed E-state index contributed by atoms with van der Waals surface area (Å²) in [5.41, 5.74) is 1.19. The second-order valence-electron chi connectivity index (χ2n) is 1.96. The summed E-state index contributed by atoms with van der Waals surface area (Å²) in [5.74, 6) is 0. The van der Waals surface area contributed by atoms with Crippen molar-refractivity contribution >= 4 is 18.9 Å². The Morgan fingerprint density at radius 3 is 2.20 bits per heavy atom. The summed E-state index contributed by atoms with van der Waals surface area (Å²) in [7, 11) is 0. The van der Waals surface area contributed by atoms with E-state index < -0.39 is 0 Å². The van der Waals surface area contributed by atoms with Crippen molar-refractivity contribution in [2.24, 2.45) is 0 Å². The molecule has 0 amide bonds. The molecule has 2 heteroatoms. The van der Waals surface area contributed by atoms with E-state index in [1.165, 1.54) is 5.56 Å². The van der Waals surface area contributed by atoms with E-state index in [-0.39, 0.29) is 25.5 Å². The Morgan fingerprint density at radius 1 is 1.10 bits per heavy atom.